The lowest BCUT2D eigenvalue weighted by Crippen LogP contribution is -2.18. The summed E-state index contributed by atoms with van der Waals surface area (Å²) >= 11 is 7.04. The summed E-state index contributed by atoms with van der Waals surface area (Å²) in [6, 6.07) is 4.12. The minimum absolute atomic E-state index is 0.0776. The molecule has 0 fully saturated rings. The lowest BCUT2D eigenvalue weighted by atomic mass is 10.2. The first-order valence-electron chi connectivity index (χ1n) is 5.44. The van der Waals surface area contributed by atoms with Crippen LogP contribution >= 0.6 is 31.9 Å². The molecule has 0 saturated heterocycles. The Morgan fingerprint density at radius 1 is 1.29 bits per heavy atom. The molecule has 0 aliphatic heterocycles. The van der Waals surface area contributed by atoms with E-state index < -0.39 is 0 Å². The molecule has 1 aromatic carbocycles. The standard InChI is InChI=1S/C12H16Br2N2O/c1-8-6-9(13)12(10(14)7-8)16-5-3-4-11(17)15-2/h6-7,16H,3-5H2,1-2H3,(H,15,17). The van der Waals surface area contributed by atoms with Crippen molar-refractivity contribution in [3.05, 3.63) is 26.6 Å². The molecule has 0 aliphatic rings. The summed E-state index contributed by atoms with van der Waals surface area (Å²) in [7, 11) is 1.66. The summed E-state index contributed by atoms with van der Waals surface area (Å²) in [4.78, 5) is 11.0. The molecule has 94 valence electrons. The molecule has 1 aromatic rings. The molecule has 0 atom stereocenters. The van der Waals surface area contributed by atoms with E-state index in [9.17, 15) is 4.79 Å². The Hall–Kier alpha value is -0.550. The topological polar surface area (TPSA) is 41.1 Å². The van der Waals surface area contributed by atoms with Crippen LogP contribution in [-0.4, -0.2) is 19.5 Å². The average molecular weight is 364 g/mol. The van der Waals surface area contributed by atoms with Crippen molar-refractivity contribution in [1.29, 1.82) is 0 Å². The molecule has 0 aromatic heterocycles. The normalized spacial score (nSPS) is 10.1. The molecule has 1 rings (SSSR count). The molecule has 0 radical (unpaired) electrons. The largest absolute Gasteiger partial charge is 0.383 e. The second-order valence-electron chi connectivity index (χ2n) is 3.81. The Labute approximate surface area is 119 Å². The van der Waals surface area contributed by atoms with Crippen LogP contribution in [0.1, 0.15) is 18.4 Å². The molecular weight excluding hydrogens is 348 g/mol. The first-order chi connectivity index (χ1) is 8.04. The highest BCUT2D eigenvalue weighted by atomic mass is 79.9. The van der Waals surface area contributed by atoms with Gasteiger partial charge in [0.2, 0.25) is 5.91 Å². The molecular formula is C12H16Br2N2O. The number of amides is 1. The molecule has 0 spiro atoms. The molecule has 0 heterocycles. The van der Waals surface area contributed by atoms with Crippen LogP contribution in [0.15, 0.2) is 21.1 Å². The van der Waals surface area contributed by atoms with Gasteiger partial charge in [-0.05, 0) is 62.9 Å². The van der Waals surface area contributed by atoms with Gasteiger partial charge in [-0.2, -0.15) is 0 Å². The van der Waals surface area contributed by atoms with Crippen LogP contribution < -0.4 is 10.6 Å². The maximum absolute atomic E-state index is 11.0. The predicted molar refractivity (Wildman–Crippen MR) is 78.4 cm³/mol. The van der Waals surface area contributed by atoms with Crippen LogP contribution in [0.25, 0.3) is 0 Å². The van der Waals surface area contributed by atoms with Crippen molar-refractivity contribution in [2.24, 2.45) is 0 Å². The van der Waals surface area contributed by atoms with Crippen LogP contribution in [0.5, 0.6) is 0 Å². The zero-order chi connectivity index (χ0) is 12.8. The van der Waals surface area contributed by atoms with E-state index >= 15 is 0 Å². The maximum Gasteiger partial charge on any atom is 0.219 e. The van der Waals surface area contributed by atoms with E-state index in [1.165, 1.54) is 5.56 Å². The molecule has 0 aliphatic carbocycles. The Bertz CT molecular complexity index is 384. The van der Waals surface area contributed by atoms with Crippen LogP contribution in [0.4, 0.5) is 5.69 Å². The number of anilines is 1. The number of carbonyl (C=O) groups is 1. The van der Waals surface area contributed by atoms with Gasteiger partial charge in [-0.1, -0.05) is 0 Å². The Kier molecular flexibility index (Phi) is 5.98. The van der Waals surface area contributed by atoms with Crippen LogP contribution in [0.2, 0.25) is 0 Å². The zero-order valence-electron chi connectivity index (χ0n) is 9.94. The van der Waals surface area contributed by atoms with Gasteiger partial charge in [-0.3, -0.25) is 4.79 Å². The highest BCUT2D eigenvalue weighted by molar-refractivity contribution is 9.11. The number of rotatable bonds is 5. The molecule has 5 heteroatoms. The van der Waals surface area contributed by atoms with E-state index in [-0.39, 0.29) is 5.91 Å². The SMILES string of the molecule is CNC(=O)CCCNc1c(Br)cc(C)cc1Br. The van der Waals surface area contributed by atoms with Gasteiger partial charge < -0.3 is 10.6 Å². The van der Waals surface area contributed by atoms with E-state index in [1.54, 1.807) is 7.05 Å². The maximum atomic E-state index is 11.0. The van der Waals surface area contributed by atoms with Gasteiger partial charge in [0, 0.05) is 29.0 Å². The van der Waals surface area contributed by atoms with Gasteiger partial charge in [-0.25, -0.2) is 0 Å². The van der Waals surface area contributed by atoms with E-state index in [0.29, 0.717) is 6.42 Å². The van der Waals surface area contributed by atoms with Crippen LogP contribution in [0, 0.1) is 6.92 Å². The highest BCUT2D eigenvalue weighted by Crippen LogP contribution is 2.32. The molecule has 0 bridgehead atoms. The van der Waals surface area contributed by atoms with Crippen LogP contribution in [-0.2, 0) is 4.79 Å². The number of benzene rings is 1. The van der Waals surface area contributed by atoms with Crippen molar-refractivity contribution in [2.75, 3.05) is 18.9 Å². The van der Waals surface area contributed by atoms with E-state index in [1.807, 2.05) is 6.92 Å². The summed E-state index contributed by atoms with van der Waals surface area (Å²) in [5.74, 6) is 0.0776. The second-order valence-corrected chi connectivity index (χ2v) is 5.52. The fraction of sp³-hybridized carbons (Fsp3) is 0.417. The fourth-order valence-electron chi connectivity index (χ4n) is 1.46. The number of hydrogen-bond donors (Lipinski definition) is 2. The summed E-state index contributed by atoms with van der Waals surface area (Å²) < 4.78 is 2.06. The molecule has 1 amide bonds. The monoisotopic (exact) mass is 362 g/mol. The Morgan fingerprint density at radius 3 is 2.41 bits per heavy atom. The smallest absolute Gasteiger partial charge is 0.219 e. The minimum Gasteiger partial charge on any atom is -0.383 e. The molecule has 17 heavy (non-hydrogen) atoms. The summed E-state index contributed by atoms with van der Waals surface area (Å²) in [6.45, 7) is 2.82. The molecule has 3 nitrogen and oxygen atoms in total. The first kappa shape index (κ1) is 14.5. The highest BCUT2D eigenvalue weighted by Gasteiger charge is 2.05. The van der Waals surface area contributed by atoms with Crippen molar-refractivity contribution >= 4 is 43.5 Å². The quantitative estimate of drug-likeness (QED) is 0.786. The Morgan fingerprint density at radius 2 is 1.88 bits per heavy atom. The minimum atomic E-state index is 0.0776. The van der Waals surface area contributed by atoms with Gasteiger partial charge in [-0.15, -0.1) is 0 Å². The van der Waals surface area contributed by atoms with E-state index in [0.717, 1.165) is 27.6 Å². The van der Waals surface area contributed by atoms with Gasteiger partial charge in [0.15, 0.2) is 0 Å². The number of carbonyl (C=O) groups excluding carboxylic acids is 1. The van der Waals surface area contributed by atoms with Crippen molar-refractivity contribution < 1.29 is 4.79 Å². The van der Waals surface area contributed by atoms with Gasteiger partial charge >= 0.3 is 0 Å². The van der Waals surface area contributed by atoms with Crippen LogP contribution in [0.3, 0.4) is 0 Å². The number of halogens is 2. The summed E-state index contributed by atoms with van der Waals surface area (Å²) in [5, 5.41) is 5.92. The van der Waals surface area contributed by atoms with Crippen molar-refractivity contribution in [1.82, 2.24) is 5.32 Å². The average Bonchev–Trinajstić information content (AvgIpc) is 2.26. The first-order valence-corrected chi connectivity index (χ1v) is 7.03. The van der Waals surface area contributed by atoms with Gasteiger partial charge in [0.1, 0.15) is 0 Å². The van der Waals surface area contributed by atoms with Gasteiger partial charge in [0.25, 0.3) is 0 Å². The van der Waals surface area contributed by atoms with Crippen molar-refractivity contribution in [3.63, 3.8) is 0 Å². The zero-order valence-corrected chi connectivity index (χ0v) is 13.1. The molecule has 0 unspecified atom stereocenters. The van der Waals surface area contributed by atoms with E-state index in [2.05, 4.69) is 54.6 Å². The van der Waals surface area contributed by atoms with Crippen molar-refractivity contribution in [3.8, 4) is 0 Å². The number of aryl methyl sites for hydroxylation is 1. The Balaban J connectivity index is 2.50. The lowest BCUT2D eigenvalue weighted by Gasteiger charge is -2.11. The molecule has 0 saturated carbocycles. The third-order valence-corrected chi connectivity index (χ3v) is 3.60. The third kappa shape index (κ3) is 4.68. The lowest BCUT2D eigenvalue weighted by molar-refractivity contribution is -0.120. The van der Waals surface area contributed by atoms with Crippen molar-refractivity contribution in [2.45, 2.75) is 19.8 Å². The summed E-state index contributed by atoms with van der Waals surface area (Å²) in [6.07, 6.45) is 1.36. The van der Waals surface area contributed by atoms with E-state index in [4.69, 9.17) is 0 Å². The summed E-state index contributed by atoms with van der Waals surface area (Å²) in [5.41, 5.74) is 2.23. The third-order valence-electron chi connectivity index (χ3n) is 2.35. The number of hydrogen-bond acceptors (Lipinski definition) is 2. The fourth-order valence-corrected chi connectivity index (χ4v) is 3.15. The number of nitrogens with one attached hydrogen (secondary N) is 2. The van der Waals surface area contributed by atoms with Gasteiger partial charge in [0.05, 0.1) is 5.69 Å². The predicted octanol–water partition coefficient (Wildman–Crippen LogP) is 3.46. The second kappa shape index (κ2) is 7.01. The molecule has 2 N–H and O–H groups in total.